The topological polar surface area (TPSA) is 35.6 Å². The highest BCUT2D eigenvalue weighted by Gasteiger charge is 2.39. The molecule has 0 N–H and O–H groups in total. The van der Waals surface area contributed by atoms with Crippen molar-refractivity contribution in [3.05, 3.63) is 229 Å². The van der Waals surface area contributed by atoms with Crippen LogP contribution < -0.4 is 0 Å². The van der Waals surface area contributed by atoms with Gasteiger partial charge in [0.25, 0.3) is 0 Å². The number of hydrogen-bond donors (Lipinski definition) is 0. The number of para-hydroxylation sites is 2. The summed E-state index contributed by atoms with van der Waals surface area (Å²) < 4.78 is 128. The van der Waals surface area contributed by atoms with E-state index in [-0.39, 0.29) is 11.4 Å². The molecule has 12 rings (SSSR count). The fourth-order valence-corrected chi connectivity index (χ4v) is 9.79. The Morgan fingerprint density at radius 1 is 0.338 bits per heavy atom. The molecule has 344 valence electrons. The normalized spacial score (nSPS) is 11.9. The van der Waals surface area contributed by atoms with Crippen molar-refractivity contribution in [3.63, 3.8) is 0 Å². The molecule has 0 aliphatic heterocycles. The molecule has 12 aromatic rings. The number of halogens is 8. The molecule has 0 amide bonds. The molecule has 0 radical (unpaired) electrons. The maximum absolute atomic E-state index is 16.1. The van der Waals surface area contributed by atoms with Crippen molar-refractivity contribution >= 4 is 43.6 Å². The summed E-state index contributed by atoms with van der Waals surface area (Å²) in [6.07, 6.45) is -2.04. The van der Waals surface area contributed by atoms with Crippen LogP contribution in [0.3, 0.4) is 0 Å². The SMILES string of the molecule is Fc1c(F)c(F)c(-c2cc(-n3c4ccccc4c4ccc(-c5ccnc(-c6ccccc6)c5)cc43)c(-n3c4ccccc4c4ccc(-c5ccnc(-c6ccccc6)c5)cc43)cc2C(F)(F)F)c(F)c1F. The van der Waals surface area contributed by atoms with Crippen LogP contribution in [-0.4, -0.2) is 19.1 Å². The van der Waals surface area contributed by atoms with Gasteiger partial charge in [-0.25, -0.2) is 22.0 Å². The molecule has 0 unspecified atom stereocenters. The number of aromatic nitrogens is 4. The van der Waals surface area contributed by atoms with E-state index in [2.05, 4.69) is 9.97 Å². The van der Waals surface area contributed by atoms with Gasteiger partial charge in [0.05, 0.1) is 56.0 Å². The minimum atomic E-state index is -5.39. The Hall–Kier alpha value is -8.90. The van der Waals surface area contributed by atoms with Gasteiger partial charge in [-0.3, -0.25) is 9.97 Å². The molecule has 4 aromatic heterocycles. The number of benzene rings is 8. The van der Waals surface area contributed by atoms with Crippen LogP contribution in [0.1, 0.15) is 5.56 Å². The monoisotopic (exact) mass is 948 g/mol. The Kier molecular flexibility index (Phi) is 10.2. The van der Waals surface area contributed by atoms with Gasteiger partial charge in [0.2, 0.25) is 5.82 Å². The molecule has 0 atom stereocenters. The summed E-state index contributed by atoms with van der Waals surface area (Å²) in [7, 11) is 0. The van der Waals surface area contributed by atoms with Gasteiger partial charge in [-0.2, -0.15) is 13.2 Å². The molecular formula is C59H32F8N4. The van der Waals surface area contributed by atoms with Crippen molar-refractivity contribution in [1.29, 1.82) is 0 Å². The third kappa shape index (κ3) is 7.12. The predicted octanol–water partition coefficient (Wildman–Crippen LogP) is 16.7. The first kappa shape index (κ1) is 43.4. The van der Waals surface area contributed by atoms with E-state index < -0.39 is 52.0 Å². The average molecular weight is 949 g/mol. The average Bonchev–Trinajstić information content (AvgIpc) is 3.92. The minimum Gasteiger partial charge on any atom is -0.307 e. The highest BCUT2D eigenvalue weighted by Crippen LogP contribution is 2.47. The molecule has 0 aliphatic rings. The second-order valence-corrected chi connectivity index (χ2v) is 17.1. The number of fused-ring (bicyclic) bond motifs is 6. The van der Waals surface area contributed by atoms with Crippen molar-refractivity contribution in [3.8, 4) is 67.3 Å². The van der Waals surface area contributed by atoms with Crippen LogP contribution >= 0.6 is 0 Å². The predicted molar refractivity (Wildman–Crippen MR) is 263 cm³/mol. The molecule has 4 nitrogen and oxygen atoms in total. The number of pyridine rings is 2. The smallest absolute Gasteiger partial charge is 0.307 e. The van der Waals surface area contributed by atoms with Crippen LogP contribution in [0.15, 0.2) is 194 Å². The lowest BCUT2D eigenvalue weighted by Gasteiger charge is -2.23. The molecule has 0 saturated heterocycles. The number of rotatable bonds is 7. The third-order valence-electron chi connectivity index (χ3n) is 13.1. The molecule has 0 aliphatic carbocycles. The molecule has 0 fully saturated rings. The zero-order valence-corrected chi connectivity index (χ0v) is 36.8. The fourth-order valence-electron chi connectivity index (χ4n) is 9.79. The van der Waals surface area contributed by atoms with Gasteiger partial charge in [0, 0.05) is 50.6 Å². The second-order valence-electron chi connectivity index (χ2n) is 17.1. The van der Waals surface area contributed by atoms with E-state index in [1.807, 2.05) is 133 Å². The first-order valence-corrected chi connectivity index (χ1v) is 22.3. The summed E-state index contributed by atoms with van der Waals surface area (Å²) in [5.41, 5.74) is 3.18. The summed E-state index contributed by atoms with van der Waals surface area (Å²) in [6.45, 7) is 0. The summed E-state index contributed by atoms with van der Waals surface area (Å²) in [5, 5.41) is 2.69. The first-order valence-electron chi connectivity index (χ1n) is 22.3. The third-order valence-corrected chi connectivity index (χ3v) is 13.1. The number of nitrogens with zero attached hydrogens (tertiary/aromatic N) is 4. The van der Waals surface area contributed by atoms with E-state index in [0.29, 0.717) is 66.1 Å². The van der Waals surface area contributed by atoms with Gasteiger partial charge < -0.3 is 9.13 Å². The van der Waals surface area contributed by atoms with Crippen LogP contribution in [0.25, 0.3) is 111 Å². The maximum Gasteiger partial charge on any atom is 0.417 e. The molecule has 0 bridgehead atoms. The Balaban J connectivity index is 1.20. The van der Waals surface area contributed by atoms with Crippen molar-refractivity contribution in [2.24, 2.45) is 0 Å². The molecular weight excluding hydrogens is 917 g/mol. The number of alkyl halides is 3. The summed E-state index contributed by atoms with van der Waals surface area (Å²) >= 11 is 0. The zero-order chi connectivity index (χ0) is 48.7. The molecule has 8 aromatic carbocycles. The van der Waals surface area contributed by atoms with Gasteiger partial charge in [0.1, 0.15) is 0 Å². The van der Waals surface area contributed by atoms with E-state index in [1.165, 1.54) is 0 Å². The molecule has 0 saturated carbocycles. The lowest BCUT2D eigenvalue weighted by atomic mass is 9.95. The Morgan fingerprint density at radius 3 is 1.20 bits per heavy atom. The van der Waals surface area contributed by atoms with Gasteiger partial charge in [0.15, 0.2) is 23.3 Å². The maximum atomic E-state index is 16.1. The van der Waals surface area contributed by atoms with Crippen LogP contribution in [0.5, 0.6) is 0 Å². The second kappa shape index (κ2) is 16.7. The van der Waals surface area contributed by atoms with Gasteiger partial charge in [-0.05, 0) is 82.9 Å². The van der Waals surface area contributed by atoms with E-state index >= 15 is 30.7 Å². The first-order chi connectivity index (χ1) is 34.4. The summed E-state index contributed by atoms with van der Waals surface area (Å²) in [4.78, 5) is 9.17. The van der Waals surface area contributed by atoms with Gasteiger partial charge in [-0.1, -0.05) is 121 Å². The molecule has 12 heteroatoms. The minimum absolute atomic E-state index is 0.0525. The Bertz CT molecular complexity index is 4080. The molecule has 71 heavy (non-hydrogen) atoms. The zero-order valence-electron chi connectivity index (χ0n) is 36.8. The van der Waals surface area contributed by atoms with Crippen LogP contribution in [0.4, 0.5) is 35.1 Å². The quantitative estimate of drug-likeness (QED) is 0.0907. The van der Waals surface area contributed by atoms with Crippen LogP contribution in [0.2, 0.25) is 0 Å². The van der Waals surface area contributed by atoms with Crippen molar-refractivity contribution < 1.29 is 35.1 Å². The standard InChI is InChI=1S/C59H32F8N4/c60-54-53(55(61)57(63)58(64)56(54)62)43-31-51(70-47-17-9-7-15-39(47)41-21-19-35(29-49(41)70)37-23-25-68-45(27-37)33-11-3-1-4-12-33)52(32-44(43)59(65,66)67)71-48-18-10-8-16-40(48)42-22-20-36(30-50(42)71)38-24-26-69-46(28-38)34-13-5-2-6-14-34/h1-32H. The molecule has 0 spiro atoms. The van der Waals surface area contributed by atoms with Crippen molar-refractivity contribution in [2.75, 3.05) is 0 Å². The van der Waals surface area contributed by atoms with Crippen LogP contribution in [-0.2, 0) is 6.18 Å². The highest BCUT2D eigenvalue weighted by molar-refractivity contribution is 6.13. The van der Waals surface area contributed by atoms with E-state index in [0.717, 1.165) is 34.4 Å². The van der Waals surface area contributed by atoms with Gasteiger partial charge >= 0.3 is 6.18 Å². The lowest BCUT2D eigenvalue weighted by molar-refractivity contribution is -0.137. The lowest BCUT2D eigenvalue weighted by Crippen LogP contribution is -2.14. The largest absolute Gasteiger partial charge is 0.417 e. The Morgan fingerprint density at radius 2 is 0.732 bits per heavy atom. The summed E-state index contributed by atoms with van der Waals surface area (Å²) in [6, 6.07) is 53.8. The summed E-state index contributed by atoms with van der Waals surface area (Å²) in [5.74, 6) is -12.1. The van der Waals surface area contributed by atoms with Crippen molar-refractivity contribution in [2.45, 2.75) is 6.18 Å². The van der Waals surface area contributed by atoms with Crippen molar-refractivity contribution in [1.82, 2.24) is 19.1 Å². The highest BCUT2D eigenvalue weighted by atomic mass is 19.4. The van der Waals surface area contributed by atoms with E-state index in [1.54, 1.807) is 57.9 Å². The van der Waals surface area contributed by atoms with E-state index in [4.69, 9.17) is 0 Å². The van der Waals surface area contributed by atoms with E-state index in [9.17, 15) is 4.39 Å². The fraction of sp³-hybridized carbons (Fsp3) is 0.0169. The van der Waals surface area contributed by atoms with Gasteiger partial charge in [-0.15, -0.1) is 0 Å². The molecule has 4 heterocycles. The van der Waals surface area contributed by atoms with Crippen LogP contribution in [0, 0.1) is 29.1 Å². The number of hydrogen-bond acceptors (Lipinski definition) is 2. The Labute approximate surface area is 399 Å².